The van der Waals surface area contributed by atoms with Crippen LogP contribution in [0.3, 0.4) is 0 Å². The molecule has 9 heteroatoms. The van der Waals surface area contributed by atoms with E-state index in [-0.39, 0.29) is 5.97 Å². The van der Waals surface area contributed by atoms with Crippen molar-refractivity contribution in [3.63, 3.8) is 0 Å². The molecule has 1 atom stereocenters. The molecular formula is C22H35N7O2. The van der Waals surface area contributed by atoms with Gasteiger partial charge in [-0.15, -0.1) is 0 Å². The predicted molar refractivity (Wildman–Crippen MR) is 119 cm³/mol. The van der Waals surface area contributed by atoms with Gasteiger partial charge in [0, 0.05) is 56.9 Å². The zero-order valence-corrected chi connectivity index (χ0v) is 19.1. The highest BCUT2D eigenvalue weighted by Gasteiger charge is 2.27. The van der Waals surface area contributed by atoms with E-state index in [1.807, 2.05) is 18.4 Å². The Morgan fingerprint density at radius 3 is 2.77 bits per heavy atom. The molecule has 0 radical (unpaired) electrons. The van der Waals surface area contributed by atoms with Crippen LogP contribution in [0.1, 0.15) is 37.4 Å². The van der Waals surface area contributed by atoms with Gasteiger partial charge in [0.05, 0.1) is 6.61 Å². The number of carbonyl (C=O) groups excluding carboxylic acids is 1. The minimum atomic E-state index is -0.172. The predicted octanol–water partition coefficient (Wildman–Crippen LogP) is 1.39. The molecule has 31 heavy (non-hydrogen) atoms. The fraction of sp³-hybridized carbons (Fsp3) is 0.727. The smallest absolute Gasteiger partial charge is 0.306 e. The molecule has 0 saturated carbocycles. The molecule has 2 saturated heterocycles. The average molecular weight is 430 g/mol. The number of fused-ring (bicyclic) bond motifs is 1. The average Bonchev–Trinajstić information content (AvgIpc) is 3.21. The maximum Gasteiger partial charge on any atom is 0.306 e. The third-order valence-corrected chi connectivity index (χ3v) is 6.50. The number of hydrogen-bond donors (Lipinski definition) is 0. The zero-order valence-electron chi connectivity index (χ0n) is 19.1. The van der Waals surface area contributed by atoms with E-state index in [0.29, 0.717) is 25.2 Å². The summed E-state index contributed by atoms with van der Waals surface area (Å²) in [5.41, 5.74) is 1.97. The summed E-state index contributed by atoms with van der Waals surface area (Å²) >= 11 is 0. The number of aromatic nitrogens is 4. The number of hydrogen-bond acceptors (Lipinski definition) is 8. The number of aryl methyl sites for hydroxylation is 1. The monoisotopic (exact) mass is 429 g/mol. The summed E-state index contributed by atoms with van der Waals surface area (Å²) in [6.07, 6.45) is 5.14. The molecule has 2 aliphatic heterocycles. The molecule has 0 aromatic carbocycles. The molecule has 2 aliphatic rings. The van der Waals surface area contributed by atoms with Gasteiger partial charge in [-0.2, -0.15) is 14.6 Å². The number of esters is 1. The third kappa shape index (κ3) is 5.15. The SMILES string of the molecule is CCOC(=O)CCc1c(C)nc2ncnn2c1N1CCN(C[C@@H]2CCCN(C)C2)CC1. The van der Waals surface area contributed by atoms with E-state index in [0.717, 1.165) is 49.2 Å². The van der Waals surface area contributed by atoms with Gasteiger partial charge in [-0.25, -0.2) is 4.98 Å². The number of piperazine rings is 1. The summed E-state index contributed by atoms with van der Waals surface area (Å²) < 4.78 is 6.97. The Bertz CT molecular complexity index is 891. The molecule has 0 unspecified atom stereocenters. The van der Waals surface area contributed by atoms with Crippen LogP contribution in [-0.4, -0.2) is 94.8 Å². The van der Waals surface area contributed by atoms with E-state index in [1.54, 1.807) is 6.33 Å². The first-order valence-corrected chi connectivity index (χ1v) is 11.6. The van der Waals surface area contributed by atoms with E-state index in [9.17, 15) is 4.79 Å². The van der Waals surface area contributed by atoms with Gasteiger partial charge in [0.25, 0.3) is 5.78 Å². The van der Waals surface area contributed by atoms with Crippen LogP contribution in [0, 0.1) is 12.8 Å². The number of nitrogens with zero attached hydrogens (tertiary/aromatic N) is 7. The standard InChI is InChI=1S/C22H35N7O2/c1-4-31-20(30)8-7-19-17(2)25-22-23-16-24-29(22)21(19)28-12-10-27(11-13-28)15-18-6-5-9-26(3)14-18/h16,18H,4-15H2,1-3H3/t18-/m1/s1. The molecule has 0 bridgehead atoms. The largest absolute Gasteiger partial charge is 0.466 e. The lowest BCUT2D eigenvalue weighted by atomic mass is 9.97. The van der Waals surface area contributed by atoms with Crippen LogP contribution in [0.15, 0.2) is 6.33 Å². The van der Waals surface area contributed by atoms with Crippen molar-refractivity contribution in [1.29, 1.82) is 0 Å². The van der Waals surface area contributed by atoms with E-state index < -0.39 is 0 Å². The molecule has 2 fully saturated rings. The number of rotatable bonds is 7. The first-order valence-electron chi connectivity index (χ1n) is 11.6. The molecule has 0 aliphatic carbocycles. The van der Waals surface area contributed by atoms with Crippen LogP contribution in [0.4, 0.5) is 5.82 Å². The Kier molecular flexibility index (Phi) is 7.02. The maximum absolute atomic E-state index is 12.0. The van der Waals surface area contributed by atoms with Crippen molar-refractivity contribution in [1.82, 2.24) is 29.4 Å². The Morgan fingerprint density at radius 1 is 1.23 bits per heavy atom. The van der Waals surface area contributed by atoms with Crippen LogP contribution >= 0.6 is 0 Å². The van der Waals surface area contributed by atoms with Crippen molar-refractivity contribution in [2.75, 3.05) is 64.4 Å². The number of anilines is 1. The van der Waals surface area contributed by atoms with Gasteiger partial charge in [-0.05, 0) is 52.6 Å². The Balaban J connectivity index is 1.47. The number of piperidine rings is 1. The summed E-state index contributed by atoms with van der Waals surface area (Å²) in [5.74, 6) is 2.24. The quantitative estimate of drug-likeness (QED) is 0.611. The van der Waals surface area contributed by atoms with E-state index >= 15 is 0 Å². The Labute approximate surface area is 184 Å². The number of likely N-dealkylation sites (tertiary alicyclic amines) is 1. The van der Waals surface area contributed by atoms with Crippen LogP contribution < -0.4 is 4.90 Å². The highest BCUT2D eigenvalue weighted by molar-refractivity contribution is 5.70. The lowest BCUT2D eigenvalue weighted by molar-refractivity contribution is -0.143. The van der Waals surface area contributed by atoms with Crippen molar-refractivity contribution >= 4 is 17.6 Å². The molecule has 170 valence electrons. The lowest BCUT2D eigenvalue weighted by Gasteiger charge is -2.39. The van der Waals surface area contributed by atoms with Gasteiger partial charge in [-0.3, -0.25) is 9.69 Å². The third-order valence-electron chi connectivity index (χ3n) is 6.50. The van der Waals surface area contributed by atoms with Gasteiger partial charge in [0.2, 0.25) is 0 Å². The van der Waals surface area contributed by atoms with Crippen molar-refractivity contribution in [3.05, 3.63) is 17.6 Å². The van der Waals surface area contributed by atoms with Crippen LogP contribution in [0.5, 0.6) is 0 Å². The minimum absolute atomic E-state index is 0.172. The van der Waals surface area contributed by atoms with Gasteiger partial charge in [-0.1, -0.05) is 0 Å². The second-order valence-electron chi connectivity index (χ2n) is 8.83. The number of ether oxygens (including phenoxy) is 1. The second kappa shape index (κ2) is 9.91. The molecule has 2 aromatic rings. The van der Waals surface area contributed by atoms with E-state index in [1.165, 1.54) is 32.5 Å². The van der Waals surface area contributed by atoms with Gasteiger partial charge in [0.1, 0.15) is 12.1 Å². The van der Waals surface area contributed by atoms with Crippen molar-refractivity contribution in [2.24, 2.45) is 5.92 Å². The Morgan fingerprint density at radius 2 is 2.03 bits per heavy atom. The molecule has 4 heterocycles. The lowest BCUT2D eigenvalue weighted by Crippen LogP contribution is -2.50. The molecule has 4 rings (SSSR count). The summed E-state index contributed by atoms with van der Waals surface area (Å²) in [7, 11) is 2.23. The molecule has 2 aromatic heterocycles. The first-order chi connectivity index (χ1) is 15.0. The summed E-state index contributed by atoms with van der Waals surface area (Å²) in [4.78, 5) is 28.4. The molecule has 0 N–H and O–H groups in total. The highest BCUT2D eigenvalue weighted by Crippen LogP contribution is 2.26. The van der Waals surface area contributed by atoms with Crippen LogP contribution in [0.2, 0.25) is 0 Å². The molecule has 0 amide bonds. The van der Waals surface area contributed by atoms with Crippen molar-refractivity contribution in [3.8, 4) is 0 Å². The normalized spacial score (nSPS) is 21.0. The highest BCUT2D eigenvalue weighted by atomic mass is 16.5. The fourth-order valence-electron chi connectivity index (χ4n) is 4.98. The van der Waals surface area contributed by atoms with Gasteiger partial charge >= 0.3 is 5.97 Å². The minimum Gasteiger partial charge on any atom is -0.466 e. The summed E-state index contributed by atoms with van der Waals surface area (Å²) in [6.45, 7) is 11.8. The van der Waals surface area contributed by atoms with Crippen molar-refractivity contribution < 1.29 is 9.53 Å². The first kappa shape index (κ1) is 22.0. The zero-order chi connectivity index (χ0) is 21.8. The topological polar surface area (TPSA) is 79.1 Å². The molecular weight excluding hydrogens is 394 g/mol. The molecule has 0 spiro atoms. The van der Waals surface area contributed by atoms with Crippen LogP contribution in [-0.2, 0) is 16.0 Å². The van der Waals surface area contributed by atoms with E-state index in [2.05, 4.69) is 36.8 Å². The Hall–Kier alpha value is -2.26. The van der Waals surface area contributed by atoms with Gasteiger partial charge < -0.3 is 14.5 Å². The summed E-state index contributed by atoms with van der Waals surface area (Å²) in [6, 6.07) is 0. The maximum atomic E-state index is 12.0. The molecule has 9 nitrogen and oxygen atoms in total. The summed E-state index contributed by atoms with van der Waals surface area (Å²) in [5, 5.41) is 4.45. The van der Waals surface area contributed by atoms with E-state index in [4.69, 9.17) is 4.74 Å². The second-order valence-corrected chi connectivity index (χ2v) is 8.83. The van der Waals surface area contributed by atoms with Crippen molar-refractivity contribution in [2.45, 2.75) is 39.5 Å². The number of carbonyl (C=O) groups is 1. The fourth-order valence-corrected chi connectivity index (χ4v) is 4.98. The van der Waals surface area contributed by atoms with Crippen LogP contribution in [0.25, 0.3) is 5.78 Å². The van der Waals surface area contributed by atoms with Gasteiger partial charge in [0.15, 0.2) is 0 Å².